The van der Waals surface area contributed by atoms with E-state index in [1.807, 2.05) is 0 Å². The van der Waals surface area contributed by atoms with Crippen molar-refractivity contribution in [2.45, 2.75) is 42.7 Å². The zero-order chi connectivity index (χ0) is 14.0. The summed E-state index contributed by atoms with van der Waals surface area (Å²) in [7, 11) is -3.54. The molecule has 0 amide bonds. The van der Waals surface area contributed by atoms with Crippen LogP contribution in [0.3, 0.4) is 0 Å². The van der Waals surface area contributed by atoms with Crippen molar-refractivity contribution >= 4 is 41.9 Å². The number of rotatable bonds is 3. The van der Waals surface area contributed by atoms with Gasteiger partial charge in [-0.3, -0.25) is 0 Å². The van der Waals surface area contributed by atoms with Crippen LogP contribution in [0, 0.1) is 0 Å². The van der Waals surface area contributed by atoms with E-state index in [4.69, 9.17) is 5.73 Å². The van der Waals surface area contributed by atoms with Gasteiger partial charge in [0.25, 0.3) is 0 Å². The largest absolute Gasteiger partial charge is 0.326 e. The molecule has 1 aliphatic carbocycles. The topological polar surface area (TPSA) is 72.2 Å². The van der Waals surface area contributed by atoms with Gasteiger partial charge in [0.05, 0.1) is 4.90 Å². The maximum atomic E-state index is 12.4. The van der Waals surface area contributed by atoms with Gasteiger partial charge in [-0.2, -0.15) is 0 Å². The Morgan fingerprint density at radius 2 is 1.89 bits per heavy atom. The molecule has 0 bridgehead atoms. The van der Waals surface area contributed by atoms with Crippen LogP contribution < -0.4 is 10.5 Å². The summed E-state index contributed by atoms with van der Waals surface area (Å²) in [6, 6.07) is 4.73. The molecule has 0 radical (unpaired) electrons. The van der Waals surface area contributed by atoms with E-state index in [-0.39, 0.29) is 17.0 Å². The summed E-state index contributed by atoms with van der Waals surface area (Å²) in [5.74, 6) is 0. The van der Waals surface area contributed by atoms with E-state index < -0.39 is 10.0 Å². The Bertz CT molecular complexity index is 563. The molecule has 1 saturated carbocycles. The molecule has 1 aromatic carbocycles. The molecule has 19 heavy (non-hydrogen) atoms. The fraction of sp³-hybridized carbons (Fsp3) is 0.500. The van der Waals surface area contributed by atoms with E-state index in [0.29, 0.717) is 4.47 Å². The number of nitrogens with two attached hydrogens (primary N) is 1. The van der Waals surface area contributed by atoms with Gasteiger partial charge in [0.15, 0.2) is 0 Å². The van der Waals surface area contributed by atoms with Crippen LogP contribution in [0.5, 0.6) is 0 Å². The number of halogens is 2. The third-order valence-corrected chi connectivity index (χ3v) is 6.27. The molecule has 1 fully saturated rings. The molecule has 0 aromatic heterocycles. The molecule has 0 heterocycles. The van der Waals surface area contributed by atoms with E-state index >= 15 is 0 Å². The number of hydrogen-bond acceptors (Lipinski definition) is 3. The Morgan fingerprint density at radius 3 is 2.53 bits per heavy atom. The molecule has 0 spiro atoms. The van der Waals surface area contributed by atoms with Gasteiger partial charge in [-0.25, -0.2) is 13.1 Å². The first-order valence-electron chi connectivity index (χ1n) is 6.13. The number of hydrogen-bond donors (Lipinski definition) is 2. The maximum Gasteiger partial charge on any atom is 0.241 e. The van der Waals surface area contributed by atoms with Crippen LogP contribution in [0.25, 0.3) is 0 Å². The maximum absolute atomic E-state index is 12.4. The standard InChI is InChI=1S/C12H16Br2N2O2S/c13-8-5-6-12(9(14)7-8)19(17,18)16-11-4-2-1-3-10(11)15/h5-7,10-11,16H,1-4,15H2/t10-,11-/m1/s1. The quantitative estimate of drug-likeness (QED) is 0.803. The molecule has 0 unspecified atom stereocenters. The Balaban J connectivity index is 2.22. The van der Waals surface area contributed by atoms with Gasteiger partial charge in [0.2, 0.25) is 10.0 Å². The minimum Gasteiger partial charge on any atom is -0.326 e. The van der Waals surface area contributed by atoms with Crippen LogP contribution >= 0.6 is 31.9 Å². The van der Waals surface area contributed by atoms with Crippen LogP contribution in [0.4, 0.5) is 0 Å². The van der Waals surface area contributed by atoms with Gasteiger partial charge >= 0.3 is 0 Å². The molecular weight excluding hydrogens is 396 g/mol. The molecule has 1 aromatic rings. The SMILES string of the molecule is N[C@@H]1CCCC[C@H]1NS(=O)(=O)c1ccc(Br)cc1Br. The van der Waals surface area contributed by atoms with Gasteiger partial charge in [-0.05, 0) is 47.0 Å². The molecule has 2 rings (SSSR count). The second-order valence-corrected chi connectivity index (χ2v) is 8.20. The second kappa shape index (κ2) is 6.22. The number of benzene rings is 1. The Kier molecular flexibility index (Phi) is 5.05. The minimum absolute atomic E-state index is 0.0993. The smallest absolute Gasteiger partial charge is 0.241 e. The summed E-state index contributed by atoms with van der Waals surface area (Å²) >= 11 is 6.59. The predicted molar refractivity (Wildman–Crippen MR) is 82.4 cm³/mol. The minimum atomic E-state index is -3.54. The summed E-state index contributed by atoms with van der Waals surface area (Å²) < 4.78 is 28.8. The molecule has 3 N–H and O–H groups in total. The van der Waals surface area contributed by atoms with E-state index in [1.165, 1.54) is 0 Å². The van der Waals surface area contributed by atoms with Crippen molar-refractivity contribution < 1.29 is 8.42 Å². The molecule has 0 aliphatic heterocycles. The van der Waals surface area contributed by atoms with Crippen LogP contribution in [0.15, 0.2) is 32.0 Å². The van der Waals surface area contributed by atoms with Gasteiger partial charge < -0.3 is 5.73 Å². The monoisotopic (exact) mass is 410 g/mol. The van der Waals surface area contributed by atoms with Crippen molar-refractivity contribution in [2.24, 2.45) is 5.73 Å². The van der Waals surface area contributed by atoms with E-state index in [0.717, 1.165) is 30.2 Å². The lowest BCUT2D eigenvalue weighted by molar-refractivity contribution is 0.361. The summed E-state index contributed by atoms with van der Waals surface area (Å²) in [5.41, 5.74) is 5.98. The van der Waals surface area contributed by atoms with Crippen molar-refractivity contribution in [3.8, 4) is 0 Å². The van der Waals surface area contributed by atoms with E-state index in [9.17, 15) is 8.42 Å². The van der Waals surface area contributed by atoms with Crippen LogP contribution in [0.2, 0.25) is 0 Å². The fourth-order valence-corrected chi connectivity index (χ4v) is 5.33. The summed E-state index contributed by atoms with van der Waals surface area (Å²) in [6.07, 6.45) is 3.76. The third-order valence-electron chi connectivity index (χ3n) is 3.31. The lowest BCUT2D eigenvalue weighted by Crippen LogP contribution is -2.49. The zero-order valence-electron chi connectivity index (χ0n) is 10.3. The summed E-state index contributed by atoms with van der Waals surface area (Å²) in [4.78, 5) is 0.244. The molecule has 106 valence electrons. The molecular formula is C12H16Br2N2O2S. The number of sulfonamides is 1. The van der Waals surface area contributed by atoms with Gasteiger partial charge in [0.1, 0.15) is 0 Å². The highest BCUT2D eigenvalue weighted by Gasteiger charge is 2.28. The van der Waals surface area contributed by atoms with Crippen molar-refractivity contribution in [3.63, 3.8) is 0 Å². The Morgan fingerprint density at radius 1 is 1.21 bits per heavy atom. The molecule has 7 heteroatoms. The van der Waals surface area contributed by atoms with Gasteiger partial charge in [-0.1, -0.05) is 28.8 Å². The normalized spacial score (nSPS) is 24.4. The highest BCUT2D eigenvalue weighted by Crippen LogP contribution is 2.27. The van der Waals surface area contributed by atoms with Gasteiger partial charge in [0, 0.05) is 21.0 Å². The average molecular weight is 412 g/mol. The first kappa shape index (κ1) is 15.4. The highest BCUT2D eigenvalue weighted by atomic mass is 79.9. The molecule has 4 nitrogen and oxygen atoms in total. The fourth-order valence-electron chi connectivity index (χ4n) is 2.26. The first-order chi connectivity index (χ1) is 8.90. The van der Waals surface area contributed by atoms with Crippen LogP contribution in [-0.2, 0) is 10.0 Å². The van der Waals surface area contributed by atoms with Crippen molar-refractivity contribution in [2.75, 3.05) is 0 Å². The third kappa shape index (κ3) is 3.78. The first-order valence-corrected chi connectivity index (χ1v) is 9.20. The molecule has 2 atom stereocenters. The summed E-state index contributed by atoms with van der Waals surface area (Å²) in [5, 5.41) is 0. The van der Waals surface area contributed by atoms with Crippen LogP contribution in [-0.4, -0.2) is 20.5 Å². The second-order valence-electron chi connectivity index (χ2n) is 4.75. The van der Waals surface area contributed by atoms with Gasteiger partial charge in [-0.15, -0.1) is 0 Å². The Labute approximate surface area is 130 Å². The Hall–Kier alpha value is 0.0500. The van der Waals surface area contributed by atoms with Crippen molar-refractivity contribution in [1.82, 2.24) is 4.72 Å². The highest BCUT2D eigenvalue weighted by molar-refractivity contribution is 9.11. The van der Waals surface area contributed by atoms with Crippen molar-refractivity contribution in [1.29, 1.82) is 0 Å². The summed E-state index contributed by atoms with van der Waals surface area (Å²) in [6.45, 7) is 0. The average Bonchev–Trinajstić information content (AvgIpc) is 2.31. The van der Waals surface area contributed by atoms with E-state index in [2.05, 4.69) is 36.6 Å². The lowest BCUT2D eigenvalue weighted by Gasteiger charge is -2.29. The van der Waals surface area contributed by atoms with E-state index in [1.54, 1.807) is 18.2 Å². The molecule has 1 aliphatic rings. The zero-order valence-corrected chi connectivity index (χ0v) is 14.3. The number of nitrogens with one attached hydrogen (secondary N) is 1. The predicted octanol–water partition coefficient (Wildman–Crippen LogP) is 2.76. The lowest BCUT2D eigenvalue weighted by atomic mass is 9.92. The van der Waals surface area contributed by atoms with Crippen molar-refractivity contribution in [3.05, 3.63) is 27.1 Å². The van der Waals surface area contributed by atoms with Crippen LogP contribution in [0.1, 0.15) is 25.7 Å². The molecule has 0 saturated heterocycles.